The van der Waals surface area contributed by atoms with Crippen LogP contribution in [-0.2, 0) is 14.3 Å². The highest BCUT2D eigenvalue weighted by Gasteiger charge is 2.25. The molecule has 1 aromatic carbocycles. The van der Waals surface area contributed by atoms with Gasteiger partial charge in [-0.25, -0.2) is 13.6 Å². The van der Waals surface area contributed by atoms with E-state index in [2.05, 4.69) is 20.3 Å². The summed E-state index contributed by atoms with van der Waals surface area (Å²) in [7, 11) is 1.18. The Kier molecular flexibility index (Phi) is 5.45. The van der Waals surface area contributed by atoms with Gasteiger partial charge in [-0.3, -0.25) is 10.1 Å². The lowest BCUT2D eigenvalue weighted by Gasteiger charge is -1.98. The van der Waals surface area contributed by atoms with Crippen LogP contribution in [0.5, 0.6) is 0 Å². The minimum atomic E-state index is -1.19. The van der Waals surface area contributed by atoms with E-state index in [4.69, 9.17) is 11.6 Å². The van der Waals surface area contributed by atoms with Crippen molar-refractivity contribution in [2.24, 2.45) is 10.2 Å². The smallest absolute Gasteiger partial charge is 0.331 e. The van der Waals surface area contributed by atoms with Crippen molar-refractivity contribution >= 4 is 46.6 Å². The highest BCUT2D eigenvalue weighted by Crippen LogP contribution is 2.23. The van der Waals surface area contributed by atoms with Gasteiger partial charge in [0.1, 0.15) is 0 Å². The zero-order valence-electron chi connectivity index (χ0n) is 11.5. The fourth-order valence-electron chi connectivity index (χ4n) is 1.43. The molecule has 120 valence electrons. The van der Waals surface area contributed by atoms with Gasteiger partial charge in [-0.1, -0.05) is 11.6 Å². The first-order valence-corrected chi connectivity index (χ1v) is 7.15. The molecule has 0 spiro atoms. The van der Waals surface area contributed by atoms with Crippen molar-refractivity contribution in [1.29, 1.82) is 0 Å². The molecule has 1 aliphatic heterocycles. The number of carbonyl (C=O) groups is 2. The molecule has 6 nitrogen and oxygen atoms in total. The lowest BCUT2D eigenvalue weighted by atomic mass is 10.2. The lowest BCUT2D eigenvalue weighted by Crippen LogP contribution is -2.19. The number of carbonyl (C=O) groups excluding carboxylic acids is 2. The zero-order valence-corrected chi connectivity index (χ0v) is 13.0. The Morgan fingerprint density at radius 2 is 2.13 bits per heavy atom. The summed E-state index contributed by atoms with van der Waals surface area (Å²) in [5, 5.41) is 9.29. The molecule has 0 unspecified atom stereocenters. The van der Waals surface area contributed by atoms with E-state index in [-0.39, 0.29) is 20.7 Å². The summed E-state index contributed by atoms with van der Waals surface area (Å²) in [5.41, 5.74) is -0.157. The molecule has 0 saturated carbocycles. The topological polar surface area (TPSA) is 80.1 Å². The van der Waals surface area contributed by atoms with Crippen LogP contribution in [0.4, 0.5) is 8.78 Å². The van der Waals surface area contributed by atoms with Crippen molar-refractivity contribution in [2.75, 3.05) is 7.11 Å². The number of ether oxygens (including phenoxy) is 1. The molecule has 1 fully saturated rings. The molecule has 2 rings (SSSR count). The Balaban J connectivity index is 2.13. The number of amidine groups is 1. The van der Waals surface area contributed by atoms with E-state index in [0.29, 0.717) is 0 Å². The average molecular weight is 360 g/mol. The Bertz CT molecular complexity index is 765. The molecule has 0 radical (unpaired) electrons. The normalized spacial score (nSPS) is 18.0. The monoisotopic (exact) mass is 359 g/mol. The lowest BCUT2D eigenvalue weighted by molar-refractivity contribution is -0.135. The van der Waals surface area contributed by atoms with Gasteiger partial charge in [0.25, 0.3) is 5.91 Å². The first-order chi connectivity index (χ1) is 10.9. The second-order valence-corrected chi connectivity index (χ2v) is 5.44. The summed E-state index contributed by atoms with van der Waals surface area (Å²) in [4.78, 5) is 22.7. The Labute approximate surface area is 138 Å². The van der Waals surface area contributed by atoms with Crippen LogP contribution in [0.25, 0.3) is 0 Å². The number of thioether (sulfide) groups is 1. The van der Waals surface area contributed by atoms with E-state index in [1.165, 1.54) is 19.2 Å². The standard InChI is InChI=1S/C13H8ClF2N3O3S/c1-22-9(20)4-8-12(21)18-13(23-8)19-17-5-6-2-3-7(14)11(16)10(6)15/h2-5H,1H3,(H,18,19,21)/b8-4+,17-5?. The molecule has 1 aliphatic rings. The van der Waals surface area contributed by atoms with Crippen molar-refractivity contribution < 1.29 is 23.1 Å². The van der Waals surface area contributed by atoms with Gasteiger partial charge in [-0.15, -0.1) is 5.10 Å². The number of benzene rings is 1. The first-order valence-electron chi connectivity index (χ1n) is 5.95. The van der Waals surface area contributed by atoms with Crippen LogP contribution in [-0.4, -0.2) is 30.4 Å². The van der Waals surface area contributed by atoms with Crippen molar-refractivity contribution in [3.63, 3.8) is 0 Å². The van der Waals surface area contributed by atoms with Crippen LogP contribution < -0.4 is 5.32 Å². The van der Waals surface area contributed by atoms with Gasteiger partial charge in [0.05, 0.1) is 23.3 Å². The van der Waals surface area contributed by atoms with E-state index in [9.17, 15) is 18.4 Å². The molecular formula is C13H8ClF2N3O3S. The molecule has 0 atom stereocenters. The van der Waals surface area contributed by atoms with Crippen molar-refractivity contribution in [1.82, 2.24) is 5.32 Å². The largest absolute Gasteiger partial charge is 0.466 e. The number of amides is 1. The van der Waals surface area contributed by atoms with Gasteiger partial charge in [0, 0.05) is 11.6 Å². The van der Waals surface area contributed by atoms with Gasteiger partial charge < -0.3 is 4.74 Å². The number of halogens is 3. The van der Waals surface area contributed by atoms with Crippen molar-refractivity contribution in [3.8, 4) is 0 Å². The Morgan fingerprint density at radius 1 is 1.39 bits per heavy atom. The van der Waals surface area contributed by atoms with E-state index in [1.54, 1.807) is 0 Å². The summed E-state index contributed by atoms with van der Waals surface area (Å²) in [6.07, 6.45) is 1.97. The van der Waals surface area contributed by atoms with Gasteiger partial charge in [-0.05, 0) is 23.9 Å². The van der Waals surface area contributed by atoms with Crippen LogP contribution in [0, 0.1) is 11.6 Å². The summed E-state index contributed by atoms with van der Waals surface area (Å²) < 4.78 is 31.2. The molecule has 0 aliphatic carbocycles. The molecule has 1 saturated heterocycles. The van der Waals surface area contributed by atoms with E-state index in [1.807, 2.05) is 0 Å². The highest BCUT2D eigenvalue weighted by molar-refractivity contribution is 8.18. The molecule has 1 aromatic rings. The van der Waals surface area contributed by atoms with Crippen LogP contribution >= 0.6 is 23.4 Å². The molecule has 23 heavy (non-hydrogen) atoms. The fourth-order valence-corrected chi connectivity index (χ4v) is 2.31. The van der Waals surface area contributed by atoms with Crippen LogP contribution in [0.1, 0.15) is 5.56 Å². The average Bonchev–Trinajstić information content (AvgIpc) is 2.87. The highest BCUT2D eigenvalue weighted by atomic mass is 35.5. The van der Waals surface area contributed by atoms with E-state index < -0.39 is 23.5 Å². The van der Waals surface area contributed by atoms with Gasteiger partial charge in [0.2, 0.25) is 0 Å². The van der Waals surface area contributed by atoms with E-state index >= 15 is 0 Å². The fraction of sp³-hybridized carbons (Fsp3) is 0.0769. The Morgan fingerprint density at radius 3 is 2.83 bits per heavy atom. The predicted octanol–water partition coefficient (Wildman–Crippen LogP) is 2.23. The summed E-state index contributed by atoms with van der Waals surface area (Å²) in [6.45, 7) is 0. The number of methoxy groups -OCH3 is 1. The predicted molar refractivity (Wildman–Crippen MR) is 82.2 cm³/mol. The van der Waals surface area contributed by atoms with Crippen LogP contribution in [0.2, 0.25) is 5.02 Å². The minimum absolute atomic E-state index is 0.0783. The zero-order chi connectivity index (χ0) is 17.0. The van der Waals surface area contributed by atoms with Crippen molar-refractivity contribution in [3.05, 3.63) is 45.3 Å². The second kappa shape index (κ2) is 7.34. The number of esters is 1. The summed E-state index contributed by atoms with van der Waals surface area (Å²) in [6, 6.07) is 2.41. The van der Waals surface area contributed by atoms with Crippen LogP contribution in [0.3, 0.4) is 0 Å². The van der Waals surface area contributed by atoms with Crippen molar-refractivity contribution in [2.45, 2.75) is 0 Å². The summed E-state index contributed by atoms with van der Waals surface area (Å²) >= 11 is 6.28. The molecule has 0 aromatic heterocycles. The number of hydrogen-bond acceptors (Lipinski definition) is 6. The maximum Gasteiger partial charge on any atom is 0.331 e. The first kappa shape index (κ1) is 17.1. The summed E-state index contributed by atoms with van der Waals surface area (Å²) in [5.74, 6) is -3.57. The number of nitrogens with one attached hydrogen (secondary N) is 1. The van der Waals surface area contributed by atoms with Gasteiger partial charge in [0.15, 0.2) is 16.8 Å². The third-order valence-corrected chi connectivity index (χ3v) is 3.70. The second-order valence-electron chi connectivity index (χ2n) is 4.00. The third kappa shape index (κ3) is 4.14. The maximum absolute atomic E-state index is 13.5. The molecule has 1 heterocycles. The third-order valence-electron chi connectivity index (χ3n) is 2.51. The number of hydrogen-bond donors (Lipinski definition) is 1. The minimum Gasteiger partial charge on any atom is -0.466 e. The quantitative estimate of drug-likeness (QED) is 0.295. The molecular weight excluding hydrogens is 352 g/mol. The number of nitrogens with zero attached hydrogens (tertiary/aromatic N) is 2. The van der Waals surface area contributed by atoms with Crippen LogP contribution in [0.15, 0.2) is 33.3 Å². The Hall–Kier alpha value is -2.26. The molecule has 10 heteroatoms. The number of rotatable bonds is 3. The van der Waals surface area contributed by atoms with E-state index in [0.717, 1.165) is 24.1 Å². The molecule has 1 N–H and O–H groups in total. The molecule has 1 amide bonds. The van der Waals surface area contributed by atoms with Gasteiger partial charge >= 0.3 is 5.97 Å². The SMILES string of the molecule is COC(=O)/C=C1/S/C(=N\N=Cc2ccc(Cl)c(F)c2F)NC1=O. The maximum atomic E-state index is 13.5. The molecule has 0 bridgehead atoms. The van der Waals surface area contributed by atoms with Gasteiger partial charge in [-0.2, -0.15) is 5.10 Å².